The van der Waals surface area contributed by atoms with Crippen LogP contribution in [0.25, 0.3) is 0 Å². The van der Waals surface area contributed by atoms with Gasteiger partial charge in [0.1, 0.15) is 13.9 Å². The molecule has 1 atom stereocenters. The van der Waals surface area contributed by atoms with Crippen LogP contribution in [0, 0.1) is 0 Å². The van der Waals surface area contributed by atoms with E-state index in [1.165, 1.54) is 0 Å². The van der Waals surface area contributed by atoms with E-state index < -0.39 is 12.0 Å². The quantitative estimate of drug-likeness (QED) is 0.456. The number of carboxylic acid groups (broad SMARTS) is 1. The average molecular weight is 115 g/mol. The summed E-state index contributed by atoms with van der Waals surface area (Å²) in [5, 5.41) is 8.19. The highest BCUT2D eigenvalue weighted by atomic mass is 16.4. The Kier molecular flexibility index (Phi) is 3.27. The van der Waals surface area contributed by atoms with Gasteiger partial charge in [-0.3, -0.25) is 4.79 Å². The summed E-state index contributed by atoms with van der Waals surface area (Å²) >= 11 is 0. The highest BCUT2D eigenvalue weighted by molar-refractivity contribution is 6.08. The Bertz CT molecular complexity index is 86.1. The zero-order valence-electron chi connectivity index (χ0n) is 4.92. The Hall–Kier alpha value is -0.505. The predicted octanol–water partition coefficient (Wildman–Crippen LogP) is -1.16. The molecule has 3 N–H and O–H groups in total. The van der Waals surface area contributed by atoms with Crippen LogP contribution in [0.5, 0.6) is 0 Å². The Balaban J connectivity index is 3.32. The summed E-state index contributed by atoms with van der Waals surface area (Å²) in [6.45, 7) is 0. The first-order chi connectivity index (χ1) is 3.68. The molecule has 4 heteroatoms. The molecule has 0 saturated heterocycles. The van der Waals surface area contributed by atoms with Gasteiger partial charge in [0.2, 0.25) is 0 Å². The van der Waals surface area contributed by atoms with E-state index in [-0.39, 0.29) is 0 Å². The summed E-state index contributed by atoms with van der Waals surface area (Å²) in [6.07, 6.45) is 1.39. The van der Waals surface area contributed by atoms with Crippen molar-refractivity contribution in [3.63, 3.8) is 0 Å². The molecule has 0 rings (SSSR count). The minimum Gasteiger partial charge on any atom is -0.480 e. The lowest BCUT2D eigenvalue weighted by Gasteiger charge is -2.00. The van der Waals surface area contributed by atoms with Crippen molar-refractivity contribution in [2.24, 2.45) is 5.73 Å². The van der Waals surface area contributed by atoms with Gasteiger partial charge in [-0.1, -0.05) is 6.32 Å². The van der Waals surface area contributed by atoms with Gasteiger partial charge in [-0.15, -0.1) is 0 Å². The van der Waals surface area contributed by atoms with Crippen molar-refractivity contribution in [2.45, 2.75) is 18.8 Å². The van der Waals surface area contributed by atoms with Crippen LogP contribution in [-0.2, 0) is 4.79 Å². The summed E-state index contributed by atoms with van der Waals surface area (Å²) < 4.78 is 0. The molecule has 0 unspecified atom stereocenters. The summed E-state index contributed by atoms with van der Waals surface area (Å²) in [5.41, 5.74) is 5.13. The number of carbonyl (C=O) groups is 1. The van der Waals surface area contributed by atoms with E-state index in [1.807, 2.05) is 7.85 Å². The Morgan fingerprint density at radius 3 is 2.50 bits per heavy atom. The molecule has 0 spiro atoms. The normalized spacial score (nSPS) is 13.1. The molecule has 0 bridgehead atoms. The third-order valence-electron chi connectivity index (χ3n) is 0.917. The van der Waals surface area contributed by atoms with Crippen LogP contribution >= 0.6 is 0 Å². The van der Waals surface area contributed by atoms with E-state index in [1.54, 1.807) is 0 Å². The fourth-order valence-electron chi connectivity index (χ4n) is 0.434. The zero-order chi connectivity index (χ0) is 6.57. The van der Waals surface area contributed by atoms with E-state index in [9.17, 15) is 4.79 Å². The van der Waals surface area contributed by atoms with Crippen molar-refractivity contribution in [1.29, 1.82) is 0 Å². The third kappa shape index (κ3) is 2.63. The van der Waals surface area contributed by atoms with Crippen molar-refractivity contribution in [2.75, 3.05) is 0 Å². The summed E-state index contributed by atoms with van der Waals surface area (Å²) in [4.78, 5) is 9.96. The number of nitrogens with two attached hydrogens (primary N) is 1. The summed E-state index contributed by atoms with van der Waals surface area (Å²) in [7, 11) is 1.91. The van der Waals surface area contributed by atoms with Gasteiger partial charge < -0.3 is 10.8 Å². The molecule has 0 fully saturated rings. The number of aliphatic carboxylic acids is 1. The van der Waals surface area contributed by atoms with E-state index in [4.69, 9.17) is 10.8 Å². The van der Waals surface area contributed by atoms with E-state index in [0.717, 1.165) is 6.32 Å². The second kappa shape index (κ2) is 3.49. The fraction of sp³-hybridized carbons (Fsp3) is 0.750. The SMILES string of the molecule is BCC[C@H](N)C(=O)O. The first kappa shape index (κ1) is 7.49. The molecule has 0 radical (unpaired) electrons. The van der Waals surface area contributed by atoms with Gasteiger partial charge in [-0.2, -0.15) is 0 Å². The van der Waals surface area contributed by atoms with Crippen LogP contribution in [0.3, 0.4) is 0 Å². The van der Waals surface area contributed by atoms with E-state index in [2.05, 4.69) is 0 Å². The van der Waals surface area contributed by atoms with Gasteiger partial charge in [-0.05, 0) is 6.42 Å². The zero-order valence-corrected chi connectivity index (χ0v) is 4.92. The number of hydrogen-bond acceptors (Lipinski definition) is 2. The fourth-order valence-corrected chi connectivity index (χ4v) is 0.434. The van der Waals surface area contributed by atoms with Crippen molar-refractivity contribution < 1.29 is 9.90 Å². The van der Waals surface area contributed by atoms with Crippen LogP contribution in [0.1, 0.15) is 6.42 Å². The maximum atomic E-state index is 9.96. The van der Waals surface area contributed by atoms with Crippen LogP contribution in [-0.4, -0.2) is 25.0 Å². The first-order valence-electron chi connectivity index (χ1n) is 2.67. The molecule has 0 aliphatic rings. The van der Waals surface area contributed by atoms with Crippen LogP contribution in [0.15, 0.2) is 0 Å². The molecule has 0 saturated carbocycles. The van der Waals surface area contributed by atoms with Gasteiger partial charge in [0.25, 0.3) is 0 Å². The van der Waals surface area contributed by atoms with Crippen LogP contribution < -0.4 is 5.73 Å². The summed E-state index contributed by atoms with van der Waals surface area (Å²) in [6, 6.07) is -0.667. The Morgan fingerprint density at radius 2 is 2.38 bits per heavy atom. The molecule has 46 valence electrons. The highest BCUT2D eigenvalue weighted by Gasteiger charge is 2.07. The number of hydrogen-bond donors (Lipinski definition) is 2. The third-order valence-corrected chi connectivity index (χ3v) is 0.917. The van der Waals surface area contributed by atoms with Crippen molar-refractivity contribution in [1.82, 2.24) is 0 Å². The Labute approximate surface area is 49.3 Å². The van der Waals surface area contributed by atoms with Crippen molar-refractivity contribution >= 4 is 13.8 Å². The van der Waals surface area contributed by atoms with Gasteiger partial charge >= 0.3 is 5.97 Å². The van der Waals surface area contributed by atoms with Gasteiger partial charge in [0.05, 0.1) is 0 Å². The second-order valence-electron chi connectivity index (χ2n) is 1.73. The molecule has 0 amide bonds. The largest absolute Gasteiger partial charge is 0.480 e. The molecular formula is C4H10BNO2. The lowest BCUT2D eigenvalue weighted by Crippen LogP contribution is -2.29. The minimum atomic E-state index is -0.910. The predicted molar refractivity (Wildman–Crippen MR) is 33.6 cm³/mol. The second-order valence-corrected chi connectivity index (χ2v) is 1.73. The molecule has 0 aromatic heterocycles. The van der Waals surface area contributed by atoms with E-state index in [0.29, 0.717) is 6.42 Å². The molecule has 0 heterocycles. The lowest BCUT2D eigenvalue weighted by atomic mass is 9.98. The molecule has 0 aromatic carbocycles. The minimum absolute atomic E-state index is 0.565. The first-order valence-corrected chi connectivity index (χ1v) is 2.67. The average Bonchev–Trinajstić information content (AvgIpc) is 1.67. The topological polar surface area (TPSA) is 63.3 Å². The molecule has 0 aliphatic heterocycles. The monoisotopic (exact) mass is 115 g/mol. The summed E-state index contributed by atoms with van der Waals surface area (Å²) in [5.74, 6) is -0.910. The molecule has 3 nitrogen and oxygen atoms in total. The van der Waals surface area contributed by atoms with Crippen LogP contribution in [0.4, 0.5) is 0 Å². The van der Waals surface area contributed by atoms with Gasteiger partial charge in [0, 0.05) is 0 Å². The van der Waals surface area contributed by atoms with Gasteiger partial charge in [0.15, 0.2) is 0 Å². The van der Waals surface area contributed by atoms with Crippen molar-refractivity contribution in [3.05, 3.63) is 0 Å². The van der Waals surface area contributed by atoms with Crippen molar-refractivity contribution in [3.8, 4) is 0 Å². The maximum Gasteiger partial charge on any atom is 0.320 e. The number of carboxylic acids is 1. The molecule has 8 heavy (non-hydrogen) atoms. The molecule has 0 aromatic rings. The van der Waals surface area contributed by atoms with Crippen LogP contribution in [0.2, 0.25) is 6.32 Å². The highest BCUT2D eigenvalue weighted by Crippen LogP contribution is 1.89. The smallest absolute Gasteiger partial charge is 0.320 e. The lowest BCUT2D eigenvalue weighted by molar-refractivity contribution is -0.138. The molecule has 0 aliphatic carbocycles. The van der Waals surface area contributed by atoms with Gasteiger partial charge in [-0.25, -0.2) is 0 Å². The Morgan fingerprint density at radius 1 is 1.88 bits per heavy atom. The number of rotatable bonds is 3. The van der Waals surface area contributed by atoms with E-state index >= 15 is 0 Å². The maximum absolute atomic E-state index is 9.96. The standard InChI is InChI=1S/C4H10BNO2/c5-2-1-3(6)4(7)8/h3H,1-2,5-6H2,(H,7,8)/t3-/m0/s1. The molecular weight excluding hydrogens is 105 g/mol.